The molecule has 0 aromatic heterocycles. The third-order valence-electron chi connectivity index (χ3n) is 8.12. The molecule has 6 nitrogen and oxygen atoms in total. The van der Waals surface area contributed by atoms with Crippen molar-refractivity contribution in [2.75, 3.05) is 0 Å². The second-order valence-electron chi connectivity index (χ2n) is 12.2. The van der Waals surface area contributed by atoms with Gasteiger partial charge in [-0.2, -0.15) is 0 Å². The molecule has 0 heterocycles. The van der Waals surface area contributed by atoms with Crippen LogP contribution in [0.25, 0.3) is 11.1 Å². The Kier molecular flexibility index (Phi) is 10.2. The average Bonchev–Trinajstić information content (AvgIpc) is 3.20. The first kappa shape index (κ1) is 33.7. The van der Waals surface area contributed by atoms with Gasteiger partial charge in [0.1, 0.15) is 69.0 Å². The minimum atomic E-state index is 0.644. The molecule has 0 aliphatic heterocycles. The molecule has 0 amide bonds. The van der Waals surface area contributed by atoms with Crippen LogP contribution in [0.5, 0.6) is 69.0 Å². The maximum Gasteiger partial charge on any atom is 0.131 e. The number of rotatable bonds is 13. The molecule has 54 heavy (non-hydrogen) atoms. The zero-order valence-corrected chi connectivity index (χ0v) is 29.1. The highest BCUT2D eigenvalue weighted by molar-refractivity contribution is 5.67. The van der Waals surface area contributed by atoms with E-state index in [-0.39, 0.29) is 0 Å². The van der Waals surface area contributed by atoms with Gasteiger partial charge in [0.2, 0.25) is 0 Å². The van der Waals surface area contributed by atoms with Crippen molar-refractivity contribution in [3.05, 3.63) is 206 Å². The minimum absolute atomic E-state index is 0.644. The maximum absolute atomic E-state index is 6.29. The van der Waals surface area contributed by atoms with Crippen molar-refractivity contribution < 1.29 is 28.4 Å². The predicted molar refractivity (Wildman–Crippen MR) is 211 cm³/mol. The highest BCUT2D eigenvalue weighted by atomic mass is 16.5. The largest absolute Gasteiger partial charge is 0.457 e. The van der Waals surface area contributed by atoms with Crippen LogP contribution in [-0.4, -0.2) is 0 Å². The first-order valence-electron chi connectivity index (χ1n) is 17.4. The van der Waals surface area contributed by atoms with Gasteiger partial charge in [0.15, 0.2) is 0 Å². The highest BCUT2D eigenvalue weighted by Gasteiger charge is 2.08. The van der Waals surface area contributed by atoms with Gasteiger partial charge in [0.05, 0.1) is 0 Å². The van der Waals surface area contributed by atoms with Gasteiger partial charge in [-0.25, -0.2) is 0 Å². The maximum atomic E-state index is 6.29. The van der Waals surface area contributed by atoms with Crippen molar-refractivity contribution in [2.45, 2.75) is 0 Å². The predicted octanol–water partition coefficient (Wildman–Crippen LogP) is 14.1. The van der Waals surface area contributed by atoms with E-state index in [1.807, 2.05) is 206 Å². The van der Waals surface area contributed by atoms with Crippen LogP contribution in [0.3, 0.4) is 0 Å². The summed E-state index contributed by atoms with van der Waals surface area (Å²) in [6, 6.07) is 65.4. The Labute approximate surface area is 314 Å². The fraction of sp³-hybridized carbons (Fsp3) is 0. The van der Waals surface area contributed by atoms with Crippen LogP contribution in [0.4, 0.5) is 0 Å². The van der Waals surface area contributed by atoms with E-state index >= 15 is 0 Å². The van der Waals surface area contributed by atoms with Gasteiger partial charge >= 0.3 is 0 Å². The quantitative estimate of drug-likeness (QED) is 0.119. The fourth-order valence-corrected chi connectivity index (χ4v) is 5.68. The molecule has 0 aliphatic rings. The zero-order chi connectivity index (χ0) is 36.4. The van der Waals surface area contributed by atoms with E-state index in [1.165, 1.54) is 0 Å². The van der Waals surface area contributed by atoms with E-state index < -0.39 is 0 Å². The van der Waals surface area contributed by atoms with Gasteiger partial charge in [-0.3, -0.25) is 0 Å². The Hall–Kier alpha value is -7.44. The molecule has 0 atom stereocenters. The zero-order valence-electron chi connectivity index (χ0n) is 29.1. The third kappa shape index (κ3) is 9.07. The van der Waals surface area contributed by atoms with Gasteiger partial charge in [-0.05, 0) is 108 Å². The lowest BCUT2D eigenvalue weighted by atomic mass is 10.1. The molecule has 8 aromatic rings. The third-order valence-corrected chi connectivity index (χ3v) is 8.12. The SMILES string of the molecule is c1ccc(Oc2cccc(Oc3cccc(Oc4cccc(-c5cccc(Oc6cccc(Oc7cccc(Oc8ccccc8)c7)c6)c5)c4)c3)c2)cc1. The van der Waals surface area contributed by atoms with Crippen LogP contribution < -0.4 is 28.4 Å². The molecule has 0 fully saturated rings. The number of hydrogen-bond acceptors (Lipinski definition) is 6. The molecule has 6 heteroatoms. The first-order chi connectivity index (χ1) is 26.7. The van der Waals surface area contributed by atoms with Gasteiger partial charge < -0.3 is 28.4 Å². The van der Waals surface area contributed by atoms with Crippen LogP contribution in [0.2, 0.25) is 0 Å². The normalized spacial score (nSPS) is 10.6. The molecule has 0 saturated carbocycles. The van der Waals surface area contributed by atoms with E-state index in [1.54, 1.807) is 0 Å². The van der Waals surface area contributed by atoms with Crippen LogP contribution in [-0.2, 0) is 0 Å². The van der Waals surface area contributed by atoms with Crippen LogP contribution in [0.1, 0.15) is 0 Å². The van der Waals surface area contributed by atoms with E-state index in [4.69, 9.17) is 28.4 Å². The summed E-state index contributed by atoms with van der Waals surface area (Å²) in [4.78, 5) is 0. The van der Waals surface area contributed by atoms with Crippen molar-refractivity contribution in [3.8, 4) is 80.1 Å². The Morgan fingerprint density at radius 1 is 0.167 bits per heavy atom. The van der Waals surface area contributed by atoms with Gasteiger partial charge in [0.25, 0.3) is 0 Å². The highest BCUT2D eigenvalue weighted by Crippen LogP contribution is 2.35. The molecular formula is C48H34O6. The molecule has 0 saturated heterocycles. The monoisotopic (exact) mass is 706 g/mol. The molecule has 0 spiro atoms. The molecule has 262 valence electrons. The van der Waals surface area contributed by atoms with Crippen LogP contribution in [0, 0.1) is 0 Å². The second kappa shape index (κ2) is 16.3. The summed E-state index contributed by atoms with van der Waals surface area (Å²) in [5.74, 6) is 8.18. The van der Waals surface area contributed by atoms with Crippen molar-refractivity contribution in [2.24, 2.45) is 0 Å². The van der Waals surface area contributed by atoms with Gasteiger partial charge in [-0.1, -0.05) is 84.9 Å². The van der Waals surface area contributed by atoms with Crippen LogP contribution >= 0.6 is 0 Å². The molecular weight excluding hydrogens is 673 g/mol. The molecule has 0 N–H and O–H groups in total. The average molecular weight is 707 g/mol. The second-order valence-corrected chi connectivity index (χ2v) is 12.2. The summed E-state index contributed by atoms with van der Waals surface area (Å²) >= 11 is 0. The minimum Gasteiger partial charge on any atom is -0.457 e. The summed E-state index contributed by atoms with van der Waals surface area (Å²) in [6.45, 7) is 0. The summed E-state index contributed by atoms with van der Waals surface area (Å²) in [6.07, 6.45) is 0. The molecule has 0 radical (unpaired) electrons. The molecule has 8 aromatic carbocycles. The molecule has 0 aliphatic carbocycles. The number of benzene rings is 8. The topological polar surface area (TPSA) is 55.4 Å². The van der Waals surface area contributed by atoms with E-state index in [0.29, 0.717) is 57.5 Å². The molecule has 0 unspecified atom stereocenters. The van der Waals surface area contributed by atoms with E-state index in [2.05, 4.69) is 0 Å². The Balaban J connectivity index is 0.913. The fourth-order valence-electron chi connectivity index (χ4n) is 5.68. The van der Waals surface area contributed by atoms with Gasteiger partial charge in [-0.15, -0.1) is 0 Å². The lowest BCUT2D eigenvalue weighted by Crippen LogP contribution is -1.90. The number of hydrogen-bond donors (Lipinski definition) is 0. The smallest absolute Gasteiger partial charge is 0.131 e. The van der Waals surface area contributed by atoms with Crippen molar-refractivity contribution in [1.29, 1.82) is 0 Å². The molecule has 0 bridgehead atoms. The summed E-state index contributed by atoms with van der Waals surface area (Å²) in [5.41, 5.74) is 1.96. The van der Waals surface area contributed by atoms with E-state index in [9.17, 15) is 0 Å². The summed E-state index contributed by atoms with van der Waals surface area (Å²) in [7, 11) is 0. The lowest BCUT2D eigenvalue weighted by molar-refractivity contribution is 0.450. The van der Waals surface area contributed by atoms with E-state index in [0.717, 1.165) is 22.6 Å². The van der Waals surface area contributed by atoms with Gasteiger partial charge in [0, 0.05) is 24.3 Å². The Bertz CT molecular complexity index is 2290. The number of para-hydroxylation sites is 2. The summed E-state index contributed by atoms with van der Waals surface area (Å²) in [5, 5.41) is 0. The standard InChI is InChI=1S/C48H34O6/c1-3-15-37(16-4-1)49-41-21-9-25-45(31-41)53-47-27-11-23-43(33-47)51-39-19-7-13-35(29-39)36-14-8-20-40(30-36)52-44-24-12-28-48(34-44)54-46-26-10-22-42(32-46)50-38-17-5-2-6-18-38/h1-34H. The molecule has 8 rings (SSSR count). The van der Waals surface area contributed by atoms with Crippen LogP contribution in [0.15, 0.2) is 206 Å². The Morgan fingerprint density at radius 2 is 0.370 bits per heavy atom. The first-order valence-corrected chi connectivity index (χ1v) is 17.4. The number of ether oxygens (including phenoxy) is 6. The van der Waals surface area contributed by atoms with Crippen molar-refractivity contribution in [1.82, 2.24) is 0 Å². The summed E-state index contributed by atoms with van der Waals surface area (Å²) < 4.78 is 36.8. The van der Waals surface area contributed by atoms with Crippen molar-refractivity contribution in [3.63, 3.8) is 0 Å². The lowest BCUT2D eigenvalue weighted by Gasteiger charge is -2.12. The Morgan fingerprint density at radius 3 is 0.648 bits per heavy atom. The van der Waals surface area contributed by atoms with Crippen molar-refractivity contribution >= 4 is 0 Å².